The Labute approximate surface area is 156 Å². The van der Waals surface area contributed by atoms with Crippen molar-refractivity contribution in [2.24, 2.45) is 0 Å². The maximum Gasteiger partial charge on any atom is 0.264 e. The van der Waals surface area contributed by atoms with Crippen LogP contribution in [0.2, 0.25) is 0 Å². The van der Waals surface area contributed by atoms with E-state index in [0.29, 0.717) is 21.9 Å². The molecule has 1 N–H and O–H groups in total. The van der Waals surface area contributed by atoms with Crippen molar-refractivity contribution in [1.29, 1.82) is 0 Å². The summed E-state index contributed by atoms with van der Waals surface area (Å²) in [6.45, 7) is 5.86. The summed E-state index contributed by atoms with van der Waals surface area (Å²) in [5, 5.41) is 3.90. The molecule has 1 unspecified atom stereocenters. The van der Waals surface area contributed by atoms with E-state index < -0.39 is 0 Å². The largest absolute Gasteiger partial charge is 0.380 e. The van der Waals surface area contributed by atoms with Crippen molar-refractivity contribution in [3.63, 3.8) is 0 Å². The lowest BCUT2D eigenvalue weighted by Gasteiger charge is -2.32. The fraction of sp³-hybridized carbons (Fsp3) is 0.526. The second kappa shape index (κ2) is 7.60. The molecule has 0 bridgehead atoms. The lowest BCUT2D eigenvalue weighted by Crippen LogP contribution is -2.49. The molecule has 0 spiro atoms. The van der Waals surface area contributed by atoms with Gasteiger partial charge in [0, 0.05) is 68.1 Å². The number of carbonyl (C=O) groups excluding carboxylic acids is 1. The van der Waals surface area contributed by atoms with Crippen molar-refractivity contribution < 1.29 is 13.9 Å². The van der Waals surface area contributed by atoms with Crippen LogP contribution in [-0.2, 0) is 11.3 Å². The van der Waals surface area contributed by atoms with Crippen molar-refractivity contribution in [2.75, 3.05) is 46.4 Å². The van der Waals surface area contributed by atoms with E-state index in [0.717, 1.165) is 50.4 Å². The number of nitrogens with zero attached hydrogens (tertiary/aromatic N) is 2. The zero-order chi connectivity index (χ0) is 18.1. The zero-order valence-corrected chi connectivity index (χ0v) is 15.8. The van der Waals surface area contributed by atoms with Gasteiger partial charge in [-0.2, -0.15) is 0 Å². The maximum absolute atomic E-state index is 14.3. The molecule has 7 heteroatoms. The standard InChI is InChI=1S/C19H24FN3O2S/c1-25-12-14-17-15(20)3-2-4-16(17)26-18(14)19(24)23-8-5-13(11-23)22-9-6-21-7-10-22/h2-4,13,21H,5-12H2,1H3. The molecule has 1 amide bonds. The van der Waals surface area contributed by atoms with Crippen molar-refractivity contribution in [2.45, 2.75) is 19.1 Å². The van der Waals surface area contributed by atoms with E-state index in [2.05, 4.69) is 10.2 Å². The minimum atomic E-state index is -0.287. The Balaban J connectivity index is 1.58. The second-order valence-electron chi connectivity index (χ2n) is 6.94. The molecule has 140 valence electrons. The summed E-state index contributed by atoms with van der Waals surface area (Å²) in [7, 11) is 1.58. The Morgan fingerprint density at radius 2 is 2.15 bits per heavy atom. The number of rotatable bonds is 4. The average molecular weight is 377 g/mol. The first kappa shape index (κ1) is 17.9. The monoisotopic (exact) mass is 377 g/mol. The van der Waals surface area contributed by atoms with E-state index in [4.69, 9.17) is 4.74 Å². The van der Waals surface area contributed by atoms with Gasteiger partial charge in [0.25, 0.3) is 5.91 Å². The Morgan fingerprint density at radius 1 is 1.35 bits per heavy atom. The van der Waals surface area contributed by atoms with Crippen molar-refractivity contribution in [3.05, 3.63) is 34.5 Å². The van der Waals surface area contributed by atoms with Crippen molar-refractivity contribution >= 4 is 27.3 Å². The highest BCUT2D eigenvalue weighted by Gasteiger charge is 2.33. The first-order valence-electron chi connectivity index (χ1n) is 9.12. The molecule has 1 atom stereocenters. The molecule has 1 aromatic carbocycles. The lowest BCUT2D eigenvalue weighted by molar-refractivity contribution is 0.0774. The van der Waals surface area contributed by atoms with Gasteiger partial charge in [-0.05, 0) is 18.6 Å². The van der Waals surface area contributed by atoms with Gasteiger partial charge in [0.15, 0.2) is 0 Å². The molecule has 2 aliphatic rings. The molecule has 2 fully saturated rings. The van der Waals surface area contributed by atoms with Crippen LogP contribution in [0.5, 0.6) is 0 Å². The summed E-state index contributed by atoms with van der Waals surface area (Å²) in [5.41, 5.74) is 0.682. The molecule has 0 radical (unpaired) electrons. The van der Waals surface area contributed by atoms with Crippen LogP contribution in [0.4, 0.5) is 4.39 Å². The highest BCUT2D eigenvalue weighted by Crippen LogP contribution is 2.35. The summed E-state index contributed by atoms with van der Waals surface area (Å²) < 4.78 is 20.4. The molecular formula is C19H24FN3O2S. The number of benzene rings is 1. The fourth-order valence-corrected chi connectivity index (χ4v) is 5.23. The SMILES string of the molecule is COCc1c(C(=O)N2CCC(N3CCNCC3)C2)sc2cccc(F)c12. The number of likely N-dealkylation sites (tertiary alicyclic amines) is 1. The Bertz CT molecular complexity index is 803. The number of halogens is 1. The van der Waals surface area contributed by atoms with Crippen molar-refractivity contribution in [1.82, 2.24) is 15.1 Å². The number of nitrogens with one attached hydrogen (secondary N) is 1. The quantitative estimate of drug-likeness (QED) is 0.888. The van der Waals surface area contributed by atoms with Gasteiger partial charge in [0.2, 0.25) is 0 Å². The number of fused-ring (bicyclic) bond motifs is 1. The minimum absolute atomic E-state index is 0.00952. The van der Waals surface area contributed by atoms with E-state index in [1.807, 2.05) is 11.0 Å². The number of amides is 1. The van der Waals surface area contributed by atoms with Gasteiger partial charge in [0.05, 0.1) is 11.5 Å². The molecule has 2 saturated heterocycles. The van der Waals surface area contributed by atoms with E-state index >= 15 is 0 Å². The Kier molecular flexibility index (Phi) is 5.22. The number of methoxy groups -OCH3 is 1. The summed E-state index contributed by atoms with van der Waals surface area (Å²) >= 11 is 1.37. The first-order chi connectivity index (χ1) is 12.7. The molecule has 0 aliphatic carbocycles. The van der Waals surface area contributed by atoms with Crippen LogP contribution >= 0.6 is 11.3 Å². The first-order valence-corrected chi connectivity index (χ1v) is 9.93. The van der Waals surface area contributed by atoms with Crippen molar-refractivity contribution in [3.8, 4) is 0 Å². The van der Waals surface area contributed by atoms with Gasteiger partial charge >= 0.3 is 0 Å². The summed E-state index contributed by atoms with van der Waals surface area (Å²) in [6.07, 6.45) is 1.00. The van der Waals surface area contributed by atoms with Crippen LogP contribution in [0.25, 0.3) is 10.1 Å². The van der Waals surface area contributed by atoms with Crippen LogP contribution in [0, 0.1) is 5.82 Å². The third kappa shape index (κ3) is 3.24. The third-order valence-electron chi connectivity index (χ3n) is 5.36. The van der Waals surface area contributed by atoms with Gasteiger partial charge in [0.1, 0.15) is 5.82 Å². The average Bonchev–Trinajstić information content (AvgIpc) is 3.29. The van der Waals surface area contributed by atoms with Gasteiger partial charge in [-0.15, -0.1) is 11.3 Å². The van der Waals surface area contributed by atoms with E-state index in [1.54, 1.807) is 13.2 Å². The summed E-state index contributed by atoms with van der Waals surface area (Å²) in [6, 6.07) is 5.43. The second-order valence-corrected chi connectivity index (χ2v) is 7.99. The van der Waals surface area contributed by atoms with E-state index in [-0.39, 0.29) is 18.3 Å². The van der Waals surface area contributed by atoms with Crippen LogP contribution in [-0.4, -0.2) is 68.1 Å². The fourth-order valence-electron chi connectivity index (χ4n) is 4.04. The van der Waals surface area contributed by atoms with Gasteiger partial charge in [-0.3, -0.25) is 9.69 Å². The molecule has 2 aliphatic heterocycles. The molecule has 4 rings (SSSR count). The van der Waals surface area contributed by atoms with E-state index in [9.17, 15) is 9.18 Å². The minimum Gasteiger partial charge on any atom is -0.380 e. The number of hydrogen-bond acceptors (Lipinski definition) is 5. The predicted octanol–water partition coefficient (Wildman–Crippen LogP) is 2.31. The lowest BCUT2D eigenvalue weighted by atomic mass is 10.1. The molecular weight excluding hydrogens is 353 g/mol. The smallest absolute Gasteiger partial charge is 0.264 e. The Hall–Kier alpha value is -1.54. The predicted molar refractivity (Wildman–Crippen MR) is 101 cm³/mol. The highest BCUT2D eigenvalue weighted by molar-refractivity contribution is 7.21. The number of carbonyl (C=O) groups is 1. The topological polar surface area (TPSA) is 44.8 Å². The molecule has 2 aromatic rings. The summed E-state index contributed by atoms with van der Waals surface area (Å²) in [5.74, 6) is -0.278. The number of piperazine rings is 1. The zero-order valence-electron chi connectivity index (χ0n) is 15.0. The third-order valence-corrected chi connectivity index (χ3v) is 6.55. The Morgan fingerprint density at radius 3 is 2.92 bits per heavy atom. The number of thiophene rings is 1. The molecule has 1 aromatic heterocycles. The van der Waals surface area contributed by atoms with Crippen LogP contribution in [0.1, 0.15) is 21.7 Å². The number of ether oxygens (including phenoxy) is 1. The normalized spacial score (nSPS) is 21.6. The van der Waals surface area contributed by atoms with Gasteiger partial charge in [-0.25, -0.2) is 4.39 Å². The molecule has 5 nitrogen and oxygen atoms in total. The van der Waals surface area contributed by atoms with Crippen LogP contribution in [0.3, 0.4) is 0 Å². The van der Waals surface area contributed by atoms with Gasteiger partial charge in [-0.1, -0.05) is 6.07 Å². The summed E-state index contributed by atoms with van der Waals surface area (Å²) in [4.78, 5) is 18.2. The van der Waals surface area contributed by atoms with E-state index in [1.165, 1.54) is 17.4 Å². The number of hydrogen-bond donors (Lipinski definition) is 1. The molecule has 3 heterocycles. The molecule has 26 heavy (non-hydrogen) atoms. The highest BCUT2D eigenvalue weighted by atomic mass is 32.1. The van der Waals surface area contributed by atoms with Crippen LogP contribution in [0.15, 0.2) is 18.2 Å². The molecule has 0 saturated carbocycles. The maximum atomic E-state index is 14.3. The van der Waals surface area contributed by atoms with Crippen LogP contribution < -0.4 is 5.32 Å². The van der Waals surface area contributed by atoms with Gasteiger partial charge < -0.3 is 15.0 Å².